The van der Waals surface area contributed by atoms with E-state index in [0.717, 1.165) is 9.26 Å². The lowest BCUT2D eigenvalue weighted by atomic mass is 10.2. The van der Waals surface area contributed by atoms with Crippen LogP contribution in [0, 0.1) is 3.57 Å². The number of rotatable bonds is 4. The first-order valence-electron chi connectivity index (χ1n) is 5.48. The molecule has 0 heterocycles. The lowest BCUT2D eigenvalue weighted by Gasteiger charge is -2.14. The van der Waals surface area contributed by atoms with Gasteiger partial charge in [0.15, 0.2) is 0 Å². The van der Waals surface area contributed by atoms with Crippen LogP contribution in [0.5, 0.6) is 0 Å². The van der Waals surface area contributed by atoms with E-state index in [1.807, 2.05) is 31.2 Å². The first-order valence-corrected chi connectivity index (χ1v) is 6.56. The second-order valence-corrected chi connectivity index (χ2v) is 5.29. The van der Waals surface area contributed by atoms with Crippen molar-refractivity contribution in [3.05, 3.63) is 27.8 Å². The monoisotopic (exact) mass is 330 g/mol. The number of hydrogen-bond donors (Lipinski definition) is 2. The fourth-order valence-corrected chi connectivity index (χ4v) is 2.01. The van der Waals surface area contributed by atoms with Crippen molar-refractivity contribution in [2.24, 2.45) is 0 Å². The smallest absolute Gasteiger partial charge is 0.241 e. The number of anilines is 1. The van der Waals surface area contributed by atoms with Crippen molar-refractivity contribution in [3.8, 4) is 0 Å². The van der Waals surface area contributed by atoms with Crippen LogP contribution in [0.3, 0.4) is 0 Å². The number of benzene rings is 1. The fourth-order valence-electron chi connectivity index (χ4n) is 1.48. The summed E-state index contributed by atoms with van der Waals surface area (Å²) < 4.78 is 1.06. The highest BCUT2D eigenvalue weighted by atomic mass is 127. The van der Waals surface area contributed by atoms with E-state index >= 15 is 0 Å². The van der Waals surface area contributed by atoms with Gasteiger partial charge < -0.3 is 10.6 Å². The minimum absolute atomic E-state index is 0.0380. The minimum Gasteiger partial charge on any atom is -0.324 e. The zero-order valence-electron chi connectivity index (χ0n) is 9.16. The van der Waals surface area contributed by atoms with E-state index in [2.05, 4.69) is 33.2 Å². The standard InChI is InChI=1S/C12H15IN2O/c1-8(14-9-6-7-9)12(16)15-11-5-3-2-4-10(11)13/h2-5,8-9,14H,6-7H2,1H3,(H,15,16)/t8-/m0/s1. The van der Waals surface area contributed by atoms with E-state index in [9.17, 15) is 4.79 Å². The highest BCUT2D eigenvalue weighted by Gasteiger charge is 2.25. The molecule has 1 fully saturated rings. The highest BCUT2D eigenvalue weighted by molar-refractivity contribution is 14.1. The van der Waals surface area contributed by atoms with Crippen LogP contribution in [-0.2, 0) is 4.79 Å². The summed E-state index contributed by atoms with van der Waals surface area (Å²) in [5.41, 5.74) is 0.887. The fraction of sp³-hybridized carbons (Fsp3) is 0.417. The molecule has 0 radical (unpaired) electrons. The van der Waals surface area contributed by atoms with Crippen molar-refractivity contribution in [1.29, 1.82) is 0 Å². The average molecular weight is 330 g/mol. The van der Waals surface area contributed by atoms with Gasteiger partial charge in [-0.1, -0.05) is 12.1 Å². The summed E-state index contributed by atoms with van der Waals surface area (Å²) in [6.45, 7) is 1.91. The van der Waals surface area contributed by atoms with Crippen LogP contribution in [0.25, 0.3) is 0 Å². The van der Waals surface area contributed by atoms with Crippen LogP contribution in [-0.4, -0.2) is 18.0 Å². The molecule has 0 unspecified atom stereocenters. The molecule has 0 aliphatic heterocycles. The number of para-hydroxylation sites is 1. The quantitative estimate of drug-likeness (QED) is 0.833. The topological polar surface area (TPSA) is 41.1 Å². The second kappa shape index (κ2) is 5.14. The van der Waals surface area contributed by atoms with E-state index in [-0.39, 0.29) is 11.9 Å². The summed E-state index contributed by atoms with van der Waals surface area (Å²) in [5.74, 6) is 0.0380. The van der Waals surface area contributed by atoms with Gasteiger partial charge in [-0.05, 0) is 54.5 Å². The predicted octanol–water partition coefficient (Wildman–Crippen LogP) is 2.37. The number of carbonyl (C=O) groups is 1. The number of nitrogens with one attached hydrogen (secondary N) is 2. The molecule has 1 aliphatic rings. The Bertz CT molecular complexity index is 390. The molecule has 1 saturated carbocycles. The summed E-state index contributed by atoms with van der Waals surface area (Å²) in [6, 6.07) is 8.22. The Balaban J connectivity index is 1.93. The van der Waals surface area contributed by atoms with Gasteiger partial charge in [-0.3, -0.25) is 4.79 Å². The third-order valence-corrected chi connectivity index (χ3v) is 3.53. The van der Waals surface area contributed by atoms with Gasteiger partial charge in [-0.25, -0.2) is 0 Å². The molecule has 3 nitrogen and oxygen atoms in total. The molecule has 0 aromatic heterocycles. The lowest BCUT2D eigenvalue weighted by Crippen LogP contribution is -2.39. The molecule has 4 heteroatoms. The van der Waals surface area contributed by atoms with Crippen molar-refractivity contribution in [2.75, 3.05) is 5.32 Å². The Morgan fingerprint density at radius 1 is 1.44 bits per heavy atom. The van der Waals surface area contributed by atoms with Crippen LogP contribution in [0.4, 0.5) is 5.69 Å². The predicted molar refractivity (Wildman–Crippen MR) is 73.4 cm³/mol. The molecule has 0 spiro atoms. The van der Waals surface area contributed by atoms with E-state index in [1.54, 1.807) is 0 Å². The maximum absolute atomic E-state index is 11.9. The molecule has 2 N–H and O–H groups in total. The number of halogens is 1. The van der Waals surface area contributed by atoms with Gasteiger partial charge in [0.1, 0.15) is 0 Å². The summed E-state index contributed by atoms with van der Waals surface area (Å²) in [7, 11) is 0. The molecule has 2 rings (SSSR count). The molecule has 1 aromatic carbocycles. The Labute approximate surface area is 109 Å². The first-order chi connectivity index (χ1) is 7.66. The molecule has 16 heavy (non-hydrogen) atoms. The molecule has 0 bridgehead atoms. The zero-order valence-corrected chi connectivity index (χ0v) is 11.3. The third-order valence-electron chi connectivity index (χ3n) is 2.59. The van der Waals surface area contributed by atoms with Crippen molar-refractivity contribution >= 4 is 34.2 Å². The molecule has 1 aliphatic carbocycles. The maximum atomic E-state index is 11.9. The molecule has 1 aromatic rings. The summed E-state index contributed by atoms with van der Waals surface area (Å²) in [6.07, 6.45) is 2.39. The summed E-state index contributed by atoms with van der Waals surface area (Å²) >= 11 is 2.22. The number of hydrogen-bond acceptors (Lipinski definition) is 2. The van der Waals surface area contributed by atoms with Crippen LogP contribution >= 0.6 is 22.6 Å². The SMILES string of the molecule is C[C@H](NC1CC1)C(=O)Nc1ccccc1I. The maximum Gasteiger partial charge on any atom is 0.241 e. The highest BCUT2D eigenvalue weighted by Crippen LogP contribution is 2.20. The zero-order chi connectivity index (χ0) is 11.5. The van der Waals surface area contributed by atoms with E-state index < -0.39 is 0 Å². The minimum atomic E-state index is -0.122. The molecule has 1 amide bonds. The lowest BCUT2D eigenvalue weighted by molar-refractivity contribution is -0.117. The van der Waals surface area contributed by atoms with Crippen molar-refractivity contribution in [3.63, 3.8) is 0 Å². The van der Waals surface area contributed by atoms with Gasteiger partial charge >= 0.3 is 0 Å². The Morgan fingerprint density at radius 3 is 2.75 bits per heavy atom. The van der Waals surface area contributed by atoms with Crippen molar-refractivity contribution < 1.29 is 4.79 Å². The largest absolute Gasteiger partial charge is 0.324 e. The third kappa shape index (κ3) is 3.18. The van der Waals surface area contributed by atoms with Gasteiger partial charge in [0.05, 0.1) is 11.7 Å². The first kappa shape index (κ1) is 11.9. The second-order valence-electron chi connectivity index (χ2n) is 4.13. The van der Waals surface area contributed by atoms with Gasteiger partial charge in [0.2, 0.25) is 5.91 Å². The van der Waals surface area contributed by atoms with Gasteiger partial charge in [0, 0.05) is 9.61 Å². The van der Waals surface area contributed by atoms with Crippen LogP contribution in [0.2, 0.25) is 0 Å². The van der Waals surface area contributed by atoms with Crippen LogP contribution in [0.15, 0.2) is 24.3 Å². The molecule has 0 saturated heterocycles. The van der Waals surface area contributed by atoms with Gasteiger partial charge in [0.25, 0.3) is 0 Å². The van der Waals surface area contributed by atoms with Crippen LogP contribution < -0.4 is 10.6 Å². The normalized spacial score (nSPS) is 16.9. The molecule has 1 atom stereocenters. The van der Waals surface area contributed by atoms with E-state index in [1.165, 1.54) is 12.8 Å². The van der Waals surface area contributed by atoms with Crippen molar-refractivity contribution in [2.45, 2.75) is 31.8 Å². The van der Waals surface area contributed by atoms with Gasteiger partial charge in [-0.2, -0.15) is 0 Å². The Morgan fingerprint density at radius 2 is 2.12 bits per heavy atom. The Kier molecular flexibility index (Phi) is 3.81. The molecule has 86 valence electrons. The summed E-state index contributed by atoms with van der Waals surface area (Å²) in [4.78, 5) is 11.9. The summed E-state index contributed by atoms with van der Waals surface area (Å²) in [5, 5.41) is 6.21. The van der Waals surface area contributed by atoms with E-state index in [0.29, 0.717) is 6.04 Å². The van der Waals surface area contributed by atoms with Gasteiger partial charge in [-0.15, -0.1) is 0 Å². The van der Waals surface area contributed by atoms with Crippen molar-refractivity contribution in [1.82, 2.24) is 5.32 Å². The Hall–Kier alpha value is -0.620. The molecular formula is C12H15IN2O. The number of amides is 1. The van der Waals surface area contributed by atoms with Crippen LogP contribution in [0.1, 0.15) is 19.8 Å². The van der Waals surface area contributed by atoms with E-state index in [4.69, 9.17) is 0 Å². The average Bonchev–Trinajstić information content (AvgIpc) is 3.05. The number of carbonyl (C=O) groups excluding carboxylic acids is 1. The molecular weight excluding hydrogens is 315 g/mol.